The van der Waals surface area contributed by atoms with Crippen molar-refractivity contribution in [3.8, 4) is 11.5 Å². The van der Waals surface area contributed by atoms with Crippen LogP contribution in [0, 0.1) is 0 Å². The maximum Gasteiger partial charge on any atom is 0.239 e. The molecule has 0 fully saturated rings. The molecule has 0 aliphatic rings. The van der Waals surface area contributed by atoms with Crippen molar-refractivity contribution in [3.63, 3.8) is 0 Å². The second kappa shape index (κ2) is 9.57. The van der Waals surface area contributed by atoms with E-state index in [-0.39, 0.29) is 5.91 Å². The number of carbonyl (C=O) groups is 1. The number of para-hydroxylation sites is 1. The van der Waals surface area contributed by atoms with Crippen molar-refractivity contribution in [2.45, 2.75) is 19.9 Å². The molecule has 1 amide bonds. The zero-order valence-electron chi connectivity index (χ0n) is 15.1. The molecule has 2 rings (SSSR count). The number of benzene rings is 2. The molecule has 5 heteroatoms. The van der Waals surface area contributed by atoms with E-state index >= 15 is 0 Å². The first kappa shape index (κ1) is 18.6. The summed E-state index contributed by atoms with van der Waals surface area (Å²) in [5.41, 5.74) is 1.98. The molecule has 0 aromatic heterocycles. The van der Waals surface area contributed by atoms with Gasteiger partial charge in [0.2, 0.25) is 5.91 Å². The Balaban J connectivity index is 1.88. The average Bonchev–Trinajstić information content (AvgIpc) is 2.65. The van der Waals surface area contributed by atoms with Crippen LogP contribution in [0.15, 0.2) is 48.5 Å². The van der Waals surface area contributed by atoms with Crippen LogP contribution in [0.5, 0.6) is 11.5 Å². The smallest absolute Gasteiger partial charge is 0.239 e. The molecular weight excluding hydrogens is 316 g/mol. The summed E-state index contributed by atoms with van der Waals surface area (Å²) >= 11 is 0. The number of ether oxygens (including phenoxy) is 2. The maximum atomic E-state index is 12.2. The van der Waals surface area contributed by atoms with Crippen LogP contribution in [0.25, 0.3) is 0 Å². The van der Waals surface area contributed by atoms with E-state index in [0.29, 0.717) is 25.4 Å². The van der Waals surface area contributed by atoms with E-state index in [2.05, 4.69) is 12.2 Å². The molecule has 5 nitrogen and oxygen atoms in total. The van der Waals surface area contributed by atoms with Gasteiger partial charge in [0.15, 0.2) is 11.5 Å². The summed E-state index contributed by atoms with van der Waals surface area (Å²) in [6.45, 7) is 3.46. The van der Waals surface area contributed by atoms with Crippen LogP contribution in [-0.4, -0.2) is 33.2 Å². The van der Waals surface area contributed by atoms with Crippen LogP contribution in [-0.2, 0) is 11.3 Å². The van der Waals surface area contributed by atoms with Gasteiger partial charge in [-0.1, -0.05) is 31.2 Å². The molecule has 25 heavy (non-hydrogen) atoms. The lowest BCUT2D eigenvalue weighted by atomic mass is 10.2. The van der Waals surface area contributed by atoms with E-state index in [1.54, 1.807) is 7.11 Å². The number of anilines is 1. The Kier molecular flexibility index (Phi) is 7.14. The lowest BCUT2D eigenvalue weighted by Crippen LogP contribution is -2.34. The molecule has 134 valence electrons. The minimum Gasteiger partial charge on any atom is -0.493 e. The highest BCUT2D eigenvalue weighted by atomic mass is 16.5. The van der Waals surface area contributed by atoms with Gasteiger partial charge in [-0.3, -0.25) is 4.79 Å². The predicted octanol–water partition coefficient (Wildman–Crippen LogP) is 3.24. The van der Waals surface area contributed by atoms with E-state index in [0.717, 1.165) is 23.4 Å². The summed E-state index contributed by atoms with van der Waals surface area (Å²) in [5, 5.41) is 2.94. The van der Waals surface area contributed by atoms with E-state index < -0.39 is 0 Å². The fourth-order valence-electron chi connectivity index (χ4n) is 2.40. The monoisotopic (exact) mass is 342 g/mol. The molecule has 0 aliphatic carbocycles. The molecule has 0 bridgehead atoms. The van der Waals surface area contributed by atoms with Gasteiger partial charge in [-0.05, 0) is 36.2 Å². The molecule has 2 aromatic rings. The van der Waals surface area contributed by atoms with Gasteiger partial charge in [-0.15, -0.1) is 0 Å². The lowest BCUT2D eigenvalue weighted by Gasteiger charge is -2.18. The third-order valence-corrected chi connectivity index (χ3v) is 3.76. The Bertz CT molecular complexity index is 674. The number of hydrogen-bond donors (Lipinski definition) is 1. The van der Waals surface area contributed by atoms with E-state index in [9.17, 15) is 4.79 Å². The number of hydrogen-bond acceptors (Lipinski definition) is 4. The standard InChI is InChI=1S/C20H26N2O3/c1-4-12-25-18-11-10-16(13-19(18)24-3)14-21-20(23)15-22(2)17-8-6-5-7-9-17/h5-11,13H,4,12,14-15H2,1-3H3,(H,21,23). The number of likely N-dealkylation sites (N-methyl/N-ethyl adjacent to an activating group) is 1. The van der Waals surface area contributed by atoms with Crippen LogP contribution >= 0.6 is 0 Å². The van der Waals surface area contributed by atoms with E-state index in [1.165, 1.54) is 0 Å². The first-order valence-electron chi connectivity index (χ1n) is 8.46. The first-order valence-corrected chi connectivity index (χ1v) is 8.46. The average molecular weight is 342 g/mol. The Hall–Kier alpha value is -2.69. The summed E-state index contributed by atoms with van der Waals surface area (Å²) in [4.78, 5) is 14.1. The van der Waals surface area contributed by atoms with Crippen LogP contribution in [0.4, 0.5) is 5.69 Å². The van der Waals surface area contributed by atoms with Gasteiger partial charge < -0.3 is 19.7 Å². The first-order chi connectivity index (χ1) is 12.1. The Morgan fingerprint density at radius 3 is 2.56 bits per heavy atom. The molecule has 0 saturated heterocycles. The Morgan fingerprint density at radius 2 is 1.88 bits per heavy atom. The van der Waals surface area contributed by atoms with Crippen molar-refractivity contribution in [3.05, 3.63) is 54.1 Å². The van der Waals surface area contributed by atoms with Crippen molar-refractivity contribution in [2.24, 2.45) is 0 Å². The number of nitrogens with one attached hydrogen (secondary N) is 1. The molecule has 1 N–H and O–H groups in total. The normalized spacial score (nSPS) is 10.2. The second-order valence-electron chi connectivity index (χ2n) is 5.80. The minimum atomic E-state index is -0.0309. The lowest BCUT2D eigenvalue weighted by molar-refractivity contribution is -0.119. The number of methoxy groups -OCH3 is 1. The molecule has 0 radical (unpaired) electrons. The Morgan fingerprint density at radius 1 is 1.12 bits per heavy atom. The van der Waals surface area contributed by atoms with Crippen LogP contribution in [0.1, 0.15) is 18.9 Å². The zero-order valence-corrected chi connectivity index (χ0v) is 15.1. The molecular formula is C20H26N2O3. The zero-order chi connectivity index (χ0) is 18.1. The second-order valence-corrected chi connectivity index (χ2v) is 5.80. The fourth-order valence-corrected chi connectivity index (χ4v) is 2.40. The van der Waals surface area contributed by atoms with Gasteiger partial charge in [-0.2, -0.15) is 0 Å². The molecule has 0 unspecified atom stereocenters. The number of amides is 1. The predicted molar refractivity (Wildman–Crippen MR) is 100 cm³/mol. The van der Waals surface area contributed by atoms with E-state index in [4.69, 9.17) is 9.47 Å². The number of nitrogens with zero attached hydrogens (tertiary/aromatic N) is 1. The molecule has 0 spiro atoms. The van der Waals surface area contributed by atoms with Gasteiger partial charge in [-0.25, -0.2) is 0 Å². The van der Waals surface area contributed by atoms with Crippen molar-refractivity contribution in [1.82, 2.24) is 5.32 Å². The molecule has 2 aromatic carbocycles. The maximum absolute atomic E-state index is 12.2. The molecule has 0 saturated carbocycles. The van der Waals surface area contributed by atoms with Gasteiger partial charge in [0.25, 0.3) is 0 Å². The van der Waals surface area contributed by atoms with Gasteiger partial charge in [0.05, 0.1) is 20.3 Å². The SMILES string of the molecule is CCCOc1ccc(CNC(=O)CN(C)c2ccccc2)cc1OC. The van der Waals surface area contributed by atoms with Gasteiger partial charge >= 0.3 is 0 Å². The molecule has 0 atom stereocenters. The highest BCUT2D eigenvalue weighted by Gasteiger charge is 2.09. The van der Waals surface area contributed by atoms with Crippen LogP contribution in [0.2, 0.25) is 0 Å². The highest BCUT2D eigenvalue weighted by Crippen LogP contribution is 2.28. The Labute approximate surface area is 149 Å². The third-order valence-electron chi connectivity index (χ3n) is 3.76. The highest BCUT2D eigenvalue weighted by molar-refractivity contribution is 5.81. The summed E-state index contributed by atoms with van der Waals surface area (Å²) in [6, 6.07) is 15.5. The van der Waals surface area contributed by atoms with Gasteiger partial charge in [0.1, 0.15) is 0 Å². The van der Waals surface area contributed by atoms with Crippen molar-refractivity contribution in [1.29, 1.82) is 0 Å². The molecule has 0 heterocycles. The minimum absolute atomic E-state index is 0.0309. The van der Waals surface area contributed by atoms with Crippen LogP contribution in [0.3, 0.4) is 0 Å². The van der Waals surface area contributed by atoms with Crippen molar-refractivity contribution < 1.29 is 14.3 Å². The number of carbonyl (C=O) groups excluding carboxylic acids is 1. The summed E-state index contributed by atoms with van der Waals surface area (Å²) in [6.07, 6.45) is 0.940. The van der Waals surface area contributed by atoms with Crippen LogP contribution < -0.4 is 19.7 Å². The topological polar surface area (TPSA) is 50.8 Å². The van der Waals surface area contributed by atoms with Crippen molar-refractivity contribution in [2.75, 3.05) is 32.2 Å². The fraction of sp³-hybridized carbons (Fsp3) is 0.350. The van der Waals surface area contributed by atoms with Crippen molar-refractivity contribution >= 4 is 11.6 Å². The summed E-state index contributed by atoms with van der Waals surface area (Å²) in [7, 11) is 3.52. The quantitative estimate of drug-likeness (QED) is 0.760. The molecule has 0 aliphatic heterocycles. The van der Waals surface area contributed by atoms with E-state index in [1.807, 2.05) is 60.5 Å². The number of rotatable bonds is 9. The van der Waals surface area contributed by atoms with Gasteiger partial charge in [0, 0.05) is 19.3 Å². The summed E-state index contributed by atoms with van der Waals surface area (Å²) in [5.74, 6) is 1.38. The third kappa shape index (κ3) is 5.71. The summed E-state index contributed by atoms with van der Waals surface area (Å²) < 4.78 is 11.0. The largest absolute Gasteiger partial charge is 0.493 e.